The molecule has 0 aliphatic carbocycles. The third-order valence-electron chi connectivity index (χ3n) is 3.13. The predicted octanol–water partition coefficient (Wildman–Crippen LogP) is 1.85. The molecule has 92 valence electrons. The normalized spacial score (nSPS) is 23.6. The zero-order valence-electron chi connectivity index (χ0n) is 9.44. The number of ether oxygens (including phenoxy) is 1. The van der Waals surface area contributed by atoms with Crippen LogP contribution in [0.15, 0.2) is 22.7 Å². The Morgan fingerprint density at radius 1 is 1.53 bits per heavy atom. The van der Waals surface area contributed by atoms with Crippen LogP contribution < -0.4 is 10.1 Å². The molecule has 0 radical (unpaired) electrons. The van der Waals surface area contributed by atoms with Crippen molar-refractivity contribution in [1.29, 1.82) is 0 Å². The van der Waals surface area contributed by atoms with E-state index in [0.717, 1.165) is 15.8 Å². The first-order valence-corrected chi connectivity index (χ1v) is 6.19. The second-order valence-corrected chi connectivity index (χ2v) is 4.95. The Balaban J connectivity index is 2.35. The minimum atomic E-state index is -0.755. The number of carbonyl (C=O) groups is 1. The molecule has 1 aliphatic rings. The molecule has 4 nitrogen and oxygen atoms in total. The van der Waals surface area contributed by atoms with Crippen molar-refractivity contribution in [3.8, 4) is 5.75 Å². The average molecular weight is 300 g/mol. The Labute approximate surface area is 108 Å². The number of carboxylic acid groups (broad SMARTS) is 1. The molecule has 1 fully saturated rings. The summed E-state index contributed by atoms with van der Waals surface area (Å²) < 4.78 is 6.11. The molecule has 1 aliphatic heterocycles. The summed E-state index contributed by atoms with van der Waals surface area (Å²) in [7, 11) is 1.61. The molecule has 1 aromatic rings. The van der Waals surface area contributed by atoms with Crippen molar-refractivity contribution >= 4 is 21.9 Å². The van der Waals surface area contributed by atoms with Gasteiger partial charge in [-0.2, -0.15) is 0 Å². The van der Waals surface area contributed by atoms with Crippen molar-refractivity contribution < 1.29 is 14.6 Å². The van der Waals surface area contributed by atoms with Crippen molar-refractivity contribution in [1.82, 2.24) is 5.32 Å². The summed E-state index contributed by atoms with van der Waals surface area (Å²) in [6.07, 6.45) is 0. The van der Waals surface area contributed by atoms with Gasteiger partial charge in [-0.1, -0.05) is 15.9 Å². The lowest BCUT2D eigenvalue weighted by Gasteiger charge is -2.17. The smallest absolute Gasteiger partial charge is 0.308 e. The van der Waals surface area contributed by atoms with Gasteiger partial charge in [0.1, 0.15) is 5.75 Å². The molecule has 0 bridgehead atoms. The standard InChI is InChI=1S/C12H14BrNO3/c1-17-7-2-3-11(13)8(4-7)9-5-14-6-10(9)12(15)16/h2-4,9-10,14H,5-6H2,1H3,(H,15,16)/t9-,10+/m0/s1. The van der Waals surface area contributed by atoms with E-state index >= 15 is 0 Å². The van der Waals surface area contributed by atoms with Gasteiger partial charge in [-0.25, -0.2) is 0 Å². The summed E-state index contributed by atoms with van der Waals surface area (Å²) in [6.45, 7) is 1.20. The lowest BCUT2D eigenvalue weighted by Crippen LogP contribution is -2.21. The lowest BCUT2D eigenvalue weighted by atomic mass is 9.89. The summed E-state index contributed by atoms with van der Waals surface area (Å²) >= 11 is 3.47. The fourth-order valence-corrected chi connectivity index (χ4v) is 2.74. The second kappa shape index (κ2) is 5.06. The molecule has 0 amide bonds. The van der Waals surface area contributed by atoms with Gasteiger partial charge in [-0.05, 0) is 23.8 Å². The lowest BCUT2D eigenvalue weighted by molar-refractivity contribution is -0.141. The molecule has 2 N–H and O–H groups in total. The maximum atomic E-state index is 11.2. The summed E-state index contributed by atoms with van der Waals surface area (Å²) in [6, 6.07) is 5.65. The van der Waals surface area contributed by atoms with Crippen molar-refractivity contribution in [3.63, 3.8) is 0 Å². The maximum absolute atomic E-state index is 11.2. The van der Waals surface area contributed by atoms with E-state index in [2.05, 4.69) is 21.2 Å². The Kier molecular flexibility index (Phi) is 3.69. The molecule has 2 atom stereocenters. The number of nitrogens with one attached hydrogen (secondary N) is 1. The van der Waals surface area contributed by atoms with Crippen LogP contribution >= 0.6 is 15.9 Å². The molecular formula is C12H14BrNO3. The van der Waals surface area contributed by atoms with Gasteiger partial charge in [0.25, 0.3) is 0 Å². The van der Waals surface area contributed by atoms with Crippen LogP contribution in [0, 0.1) is 5.92 Å². The first-order chi connectivity index (χ1) is 8.13. The monoisotopic (exact) mass is 299 g/mol. The zero-order chi connectivity index (χ0) is 12.4. The van der Waals surface area contributed by atoms with Crippen LogP contribution in [0.3, 0.4) is 0 Å². The van der Waals surface area contributed by atoms with Crippen molar-refractivity contribution in [3.05, 3.63) is 28.2 Å². The van der Waals surface area contributed by atoms with Crippen LogP contribution in [0.4, 0.5) is 0 Å². The number of hydrogen-bond donors (Lipinski definition) is 2. The number of carboxylic acids is 1. The largest absolute Gasteiger partial charge is 0.497 e. The highest BCUT2D eigenvalue weighted by Crippen LogP contribution is 2.35. The highest BCUT2D eigenvalue weighted by molar-refractivity contribution is 9.10. The number of methoxy groups -OCH3 is 1. The van der Waals surface area contributed by atoms with Gasteiger partial charge >= 0.3 is 5.97 Å². The van der Waals surface area contributed by atoms with Gasteiger partial charge in [-0.3, -0.25) is 4.79 Å². The van der Waals surface area contributed by atoms with Crippen LogP contribution in [0.5, 0.6) is 5.75 Å². The number of aliphatic carboxylic acids is 1. The molecule has 1 heterocycles. The van der Waals surface area contributed by atoms with Crippen molar-refractivity contribution in [2.75, 3.05) is 20.2 Å². The van der Waals surface area contributed by atoms with E-state index in [0.29, 0.717) is 13.1 Å². The first kappa shape index (κ1) is 12.4. The summed E-state index contributed by atoms with van der Waals surface area (Å²) in [5.41, 5.74) is 0.988. The summed E-state index contributed by atoms with van der Waals surface area (Å²) in [5, 5.41) is 12.3. The number of rotatable bonds is 3. The van der Waals surface area contributed by atoms with E-state index in [-0.39, 0.29) is 11.8 Å². The molecule has 1 aromatic carbocycles. The minimum Gasteiger partial charge on any atom is -0.497 e. The third kappa shape index (κ3) is 2.45. The molecular weight excluding hydrogens is 286 g/mol. The van der Waals surface area contributed by atoms with Crippen LogP contribution in [0.2, 0.25) is 0 Å². The Morgan fingerprint density at radius 3 is 2.94 bits per heavy atom. The minimum absolute atomic E-state index is 0.0167. The number of halogens is 1. The third-order valence-corrected chi connectivity index (χ3v) is 3.86. The number of hydrogen-bond acceptors (Lipinski definition) is 3. The van der Waals surface area contributed by atoms with Crippen LogP contribution in [0.1, 0.15) is 11.5 Å². The van der Waals surface area contributed by atoms with Gasteiger partial charge in [-0.15, -0.1) is 0 Å². The van der Waals surface area contributed by atoms with Crippen molar-refractivity contribution in [2.45, 2.75) is 5.92 Å². The van der Waals surface area contributed by atoms with Gasteiger partial charge in [0.05, 0.1) is 13.0 Å². The summed E-state index contributed by atoms with van der Waals surface area (Å²) in [4.78, 5) is 11.2. The highest BCUT2D eigenvalue weighted by atomic mass is 79.9. The summed E-state index contributed by atoms with van der Waals surface area (Å²) in [5.74, 6) is -0.399. The SMILES string of the molecule is COc1ccc(Br)c([C@@H]2CNC[C@H]2C(=O)O)c1. The van der Waals surface area contributed by atoms with Gasteiger partial charge in [0.2, 0.25) is 0 Å². The van der Waals surface area contributed by atoms with Crippen LogP contribution in [-0.4, -0.2) is 31.3 Å². The van der Waals surface area contributed by atoms with Gasteiger partial charge < -0.3 is 15.2 Å². The topological polar surface area (TPSA) is 58.6 Å². The van der Waals surface area contributed by atoms with Crippen LogP contribution in [0.25, 0.3) is 0 Å². The Bertz CT molecular complexity index is 436. The van der Waals surface area contributed by atoms with E-state index in [4.69, 9.17) is 4.74 Å². The van der Waals surface area contributed by atoms with E-state index in [1.807, 2.05) is 18.2 Å². The molecule has 0 saturated carbocycles. The fraction of sp³-hybridized carbons (Fsp3) is 0.417. The van der Waals surface area contributed by atoms with Gasteiger partial charge in [0, 0.05) is 23.5 Å². The molecule has 0 unspecified atom stereocenters. The predicted molar refractivity (Wildman–Crippen MR) is 67.4 cm³/mol. The average Bonchev–Trinajstić information content (AvgIpc) is 2.78. The van der Waals surface area contributed by atoms with E-state index in [1.54, 1.807) is 7.11 Å². The highest BCUT2D eigenvalue weighted by Gasteiger charge is 2.35. The molecule has 1 saturated heterocycles. The van der Waals surface area contributed by atoms with Crippen LogP contribution in [-0.2, 0) is 4.79 Å². The van der Waals surface area contributed by atoms with E-state index in [1.165, 1.54) is 0 Å². The van der Waals surface area contributed by atoms with Gasteiger partial charge in [0.15, 0.2) is 0 Å². The Hall–Kier alpha value is -1.07. The van der Waals surface area contributed by atoms with Crippen molar-refractivity contribution in [2.24, 2.45) is 5.92 Å². The molecule has 2 rings (SSSR count). The number of benzene rings is 1. The second-order valence-electron chi connectivity index (χ2n) is 4.10. The maximum Gasteiger partial charge on any atom is 0.308 e. The Morgan fingerprint density at radius 2 is 2.29 bits per heavy atom. The molecule has 5 heteroatoms. The molecule has 17 heavy (non-hydrogen) atoms. The quantitative estimate of drug-likeness (QED) is 0.894. The molecule has 0 spiro atoms. The first-order valence-electron chi connectivity index (χ1n) is 5.40. The molecule has 0 aromatic heterocycles. The van der Waals surface area contributed by atoms with E-state index in [9.17, 15) is 9.90 Å². The van der Waals surface area contributed by atoms with E-state index < -0.39 is 5.97 Å². The zero-order valence-corrected chi connectivity index (χ0v) is 11.0. The fourth-order valence-electron chi connectivity index (χ4n) is 2.20.